The topological polar surface area (TPSA) is 12.0 Å². The Balaban J connectivity index is 3.99. The Kier molecular flexibility index (Phi) is 7.47. The van der Waals surface area contributed by atoms with Gasteiger partial charge in [-0.1, -0.05) is 45.8 Å². The molecule has 0 fully saturated rings. The average Bonchev–Trinajstić information content (AvgIpc) is 2.14. The van der Waals surface area contributed by atoms with Crippen molar-refractivity contribution in [3.8, 4) is 0 Å². The molecule has 0 saturated carbocycles. The van der Waals surface area contributed by atoms with Crippen molar-refractivity contribution in [1.29, 1.82) is 0 Å². The molecule has 0 aliphatic carbocycles. The molecule has 13 heavy (non-hydrogen) atoms. The lowest BCUT2D eigenvalue weighted by Gasteiger charge is -2.11. The Hall–Kier alpha value is -0.720. The Morgan fingerprint density at radius 1 is 1.46 bits per heavy atom. The third-order valence-corrected chi connectivity index (χ3v) is 2.28. The summed E-state index contributed by atoms with van der Waals surface area (Å²) in [6.45, 7) is 10.4. The predicted octanol–water partition coefficient (Wildman–Crippen LogP) is 3.84. The molecule has 1 unspecified atom stereocenters. The van der Waals surface area contributed by atoms with Gasteiger partial charge in [-0.3, -0.25) is 0 Å². The highest BCUT2D eigenvalue weighted by atomic mass is 14.8. The van der Waals surface area contributed by atoms with Gasteiger partial charge in [-0.05, 0) is 31.2 Å². The Labute approximate surface area is 82.9 Å². The Bertz CT molecular complexity index is 159. The highest BCUT2D eigenvalue weighted by molar-refractivity contribution is 5.02. The molecule has 0 aromatic rings. The summed E-state index contributed by atoms with van der Waals surface area (Å²) in [5, 5.41) is 3.06. The maximum atomic E-state index is 3.64. The third kappa shape index (κ3) is 6.44. The van der Waals surface area contributed by atoms with Crippen LogP contribution >= 0.6 is 0 Å². The number of allylic oxidation sites excluding steroid dienone is 1. The standard InChI is InChI=1S/C12H23N/c1-5-8-12(10-13-7-3)9-11(4)6-2/h7,10-11,13H,3,5-6,8-9H2,1-2,4H3/b12-10-. The molecule has 0 bridgehead atoms. The fourth-order valence-electron chi connectivity index (χ4n) is 1.32. The van der Waals surface area contributed by atoms with Crippen LogP contribution in [0, 0.1) is 5.92 Å². The van der Waals surface area contributed by atoms with Crippen LogP contribution in [0.3, 0.4) is 0 Å². The number of nitrogens with one attached hydrogen (secondary N) is 1. The summed E-state index contributed by atoms with van der Waals surface area (Å²) in [7, 11) is 0. The lowest BCUT2D eigenvalue weighted by molar-refractivity contribution is 0.544. The van der Waals surface area contributed by atoms with Crippen LogP contribution in [-0.2, 0) is 0 Å². The zero-order chi connectivity index (χ0) is 10.1. The summed E-state index contributed by atoms with van der Waals surface area (Å²) >= 11 is 0. The minimum absolute atomic E-state index is 0.796. The van der Waals surface area contributed by atoms with E-state index in [0.29, 0.717) is 0 Å². The van der Waals surface area contributed by atoms with Crippen molar-refractivity contribution in [2.75, 3.05) is 0 Å². The smallest absolute Gasteiger partial charge is 0.000375 e. The fraction of sp³-hybridized carbons (Fsp3) is 0.667. The van der Waals surface area contributed by atoms with Crippen LogP contribution < -0.4 is 5.32 Å². The zero-order valence-corrected chi connectivity index (χ0v) is 9.27. The third-order valence-electron chi connectivity index (χ3n) is 2.28. The van der Waals surface area contributed by atoms with E-state index < -0.39 is 0 Å². The quantitative estimate of drug-likeness (QED) is 0.629. The molecule has 0 heterocycles. The first-order valence-corrected chi connectivity index (χ1v) is 5.29. The highest BCUT2D eigenvalue weighted by Crippen LogP contribution is 2.17. The largest absolute Gasteiger partial charge is 0.368 e. The molecule has 0 saturated heterocycles. The SMILES string of the molecule is C=CN/C=C(/CCC)CC(C)CC. The molecule has 1 nitrogen and oxygen atoms in total. The lowest BCUT2D eigenvalue weighted by atomic mass is 9.97. The van der Waals surface area contributed by atoms with Crippen LogP contribution in [0.15, 0.2) is 24.6 Å². The van der Waals surface area contributed by atoms with Gasteiger partial charge in [0.2, 0.25) is 0 Å². The van der Waals surface area contributed by atoms with Gasteiger partial charge in [0.05, 0.1) is 0 Å². The van der Waals surface area contributed by atoms with E-state index >= 15 is 0 Å². The molecule has 0 rings (SSSR count). The van der Waals surface area contributed by atoms with Gasteiger partial charge in [-0.2, -0.15) is 0 Å². The maximum absolute atomic E-state index is 3.64. The summed E-state index contributed by atoms with van der Waals surface area (Å²) in [6, 6.07) is 0. The Morgan fingerprint density at radius 3 is 2.62 bits per heavy atom. The number of hydrogen-bond donors (Lipinski definition) is 1. The molecule has 0 aliphatic rings. The van der Waals surface area contributed by atoms with Crippen molar-refractivity contribution >= 4 is 0 Å². The van der Waals surface area contributed by atoms with Crippen LogP contribution in [0.2, 0.25) is 0 Å². The first-order chi connectivity index (χ1) is 6.24. The van der Waals surface area contributed by atoms with Gasteiger partial charge in [-0.25, -0.2) is 0 Å². The van der Waals surface area contributed by atoms with E-state index in [9.17, 15) is 0 Å². The minimum Gasteiger partial charge on any atom is -0.368 e. The van der Waals surface area contributed by atoms with Gasteiger partial charge in [0.25, 0.3) is 0 Å². The second-order valence-corrected chi connectivity index (χ2v) is 3.64. The molecule has 76 valence electrons. The van der Waals surface area contributed by atoms with Gasteiger partial charge >= 0.3 is 0 Å². The summed E-state index contributed by atoms with van der Waals surface area (Å²) in [5.41, 5.74) is 1.51. The molecule has 1 heteroatoms. The van der Waals surface area contributed by atoms with Gasteiger partial charge in [0.1, 0.15) is 0 Å². The number of hydrogen-bond acceptors (Lipinski definition) is 1. The molecule has 1 N–H and O–H groups in total. The van der Waals surface area contributed by atoms with Gasteiger partial charge in [0, 0.05) is 0 Å². The van der Waals surface area contributed by atoms with E-state index in [4.69, 9.17) is 0 Å². The van der Waals surface area contributed by atoms with Gasteiger partial charge < -0.3 is 5.32 Å². The van der Waals surface area contributed by atoms with Crippen molar-refractivity contribution in [2.45, 2.75) is 46.5 Å². The fourth-order valence-corrected chi connectivity index (χ4v) is 1.32. The van der Waals surface area contributed by atoms with Crippen molar-refractivity contribution in [3.05, 3.63) is 24.6 Å². The van der Waals surface area contributed by atoms with E-state index in [1.807, 2.05) is 0 Å². The molecular formula is C12H23N. The van der Waals surface area contributed by atoms with Crippen molar-refractivity contribution < 1.29 is 0 Å². The van der Waals surface area contributed by atoms with E-state index in [1.54, 1.807) is 6.20 Å². The van der Waals surface area contributed by atoms with Crippen molar-refractivity contribution in [3.63, 3.8) is 0 Å². The van der Waals surface area contributed by atoms with Crippen LogP contribution in [0.25, 0.3) is 0 Å². The predicted molar refractivity (Wildman–Crippen MR) is 60.4 cm³/mol. The van der Waals surface area contributed by atoms with Crippen LogP contribution in [0.5, 0.6) is 0 Å². The molecule has 0 amide bonds. The first-order valence-electron chi connectivity index (χ1n) is 5.29. The summed E-state index contributed by atoms with van der Waals surface area (Å²) in [4.78, 5) is 0. The second kappa shape index (κ2) is 7.90. The molecule has 0 aliphatic heterocycles. The van der Waals surface area contributed by atoms with Crippen LogP contribution in [-0.4, -0.2) is 0 Å². The second-order valence-electron chi connectivity index (χ2n) is 3.64. The molecule has 0 radical (unpaired) electrons. The lowest BCUT2D eigenvalue weighted by Crippen LogP contribution is -2.00. The van der Waals surface area contributed by atoms with Crippen molar-refractivity contribution in [1.82, 2.24) is 5.32 Å². The van der Waals surface area contributed by atoms with Gasteiger partial charge in [-0.15, -0.1) is 0 Å². The van der Waals surface area contributed by atoms with Crippen molar-refractivity contribution in [2.24, 2.45) is 5.92 Å². The molecule has 0 aromatic carbocycles. The van der Waals surface area contributed by atoms with E-state index in [0.717, 1.165) is 5.92 Å². The number of rotatable bonds is 7. The minimum atomic E-state index is 0.796. The summed E-state index contributed by atoms with van der Waals surface area (Å²) in [5.74, 6) is 0.796. The van der Waals surface area contributed by atoms with E-state index in [-0.39, 0.29) is 0 Å². The van der Waals surface area contributed by atoms with Gasteiger partial charge in [0.15, 0.2) is 0 Å². The zero-order valence-electron chi connectivity index (χ0n) is 9.27. The van der Waals surface area contributed by atoms with E-state index in [2.05, 4.69) is 38.9 Å². The Morgan fingerprint density at radius 2 is 2.15 bits per heavy atom. The molecular weight excluding hydrogens is 158 g/mol. The van der Waals surface area contributed by atoms with Crippen LogP contribution in [0.1, 0.15) is 46.5 Å². The van der Waals surface area contributed by atoms with Crippen LogP contribution in [0.4, 0.5) is 0 Å². The monoisotopic (exact) mass is 181 g/mol. The average molecular weight is 181 g/mol. The molecule has 0 aromatic heterocycles. The first kappa shape index (κ1) is 12.3. The molecule has 1 atom stereocenters. The van der Waals surface area contributed by atoms with E-state index in [1.165, 1.54) is 31.3 Å². The summed E-state index contributed by atoms with van der Waals surface area (Å²) < 4.78 is 0. The summed E-state index contributed by atoms with van der Waals surface area (Å²) in [6.07, 6.45) is 8.72. The molecule has 0 spiro atoms. The normalized spacial score (nSPS) is 13.9. The maximum Gasteiger partial charge on any atom is -0.000375 e. The highest BCUT2D eigenvalue weighted by Gasteiger charge is 2.02.